The van der Waals surface area contributed by atoms with Gasteiger partial charge in [-0.05, 0) is 61.6 Å². The van der Waals surface area contributed by atoms with Crippen molar-refractivity contribution in [3.63, 3.8) is 0 Å². The lowest BCUT2D eigenvalue weighted by atomic mass is 9.88. The highest BCUT2D eigenvalue weighted by Gasteiger charge is 2.26. The Morgan fingerprint density at radius 2 is 1.82 bits per heavy atom. The summed E-state index contributed by atoms with van der Waals surface area (Å²) in [7, 11) is -3.56. The zero-order valence-electron chi connectivity index (χ0n) is 19.3. The number of benzene rings is 2. The number of hydrogen-bond acceptors (Lipinski definition) is 4. The second kappa shape index (κ2) is 9.49. The maximum atomic E-state index is 13.0. The first-order valence-electron chi connectivity index (χ1n) is 11.4. The van der Waals surface area contributed by atoms with Gasteiger partial charge < -0.3 is 5.32 Å². The van der Waals surface area contributed by atoms with E-state index in [1.165, 1.54) is 27.6 Å². The van der Waals surface area contributed by atoms with Crippen molar-refractivity contribution in [1.29, 1.82) is 0 Å². The van der Waals surface area contributed by atoms with Gasteiger partial charge in [-0.1, -0.05) is 38.1 Å². The number of sulfonamides is 1. The molecule has 1 N–H and O–H groups in total. The summed E-state index contributed by atoms with van der Waals surface area (Å²) in [4.78, 5) is 13.2. The molecule has 3 aromatic rings. The summed E-state index contributed by atoms with van der Waals surface area (Å²) in [6.45, 7) is 6.33. The molecular weight excluding hydrogens is 436 g/mol. The summed E-state index contributed by atoms with van der Waals surface area (Å²) in [5.74, 6) is 0.372. The third-order valence-electron chi connectivity index (χ3n) is 6.30. The fourth-order valence-corrected chi connectivity index (χ4v) is 5.95. The van der Waals surface area contributed by atoms with Gasteiger partial charge in [0.1, 0.15) is 5.82 Å². The van der Waals surface area contributed by atoms with E-state index in [0.29, 0.717) is 24.5 Å². The number of nitrogens with zero attached hydrogens (tertiary/aromatic N) is 3. The third kappa shape index (κ3) is 4.45. The molecule has 0 radical (unpaired) electrons. The Kier molecular flexibility index (Phi) is 6.67. The lowest BCUT2D eigenvalue weighted by molar-refractivity contribution is 0.102. The van der Waals surface area contributed by atoms with Crippen molar-refractivity contribution >= 4 is 21.7 Å². The van der Waals surface area contributed by atoms with Gasteiger partial charge in [-0.15, -0.1) is 0 Å². The van der Waals surface area contributed by atoms with E-state index in [-0.39, 0.29) is 16.8 Å². The Hall–Kier alpha value is -2.97. The monoisotopic (exact) mass is 466 g/mol. The maximum absolute atomic E-state index is 13.0. The van der Waals surface area contributed by atoms with Gasteiger partial charge in [0.2, 0.25) is 10.0 Å². The summed E-state index contributed by atoms with van der Waals surface area (Å²) in [6, 6.07) is 14.5. The molecule has 1 atom stereocenters. The van der Waals surface area contributed by atoms with Gasteiger partial charge >= 0.3 is 0 Å². The lowest BCUT2D eigenvalue weighted by Crippen LogP contribution is -2.30. The minimum absolute atomic E-state index is 0.0699. The second-order valence-corrected chi connectivity index (χ2v) is 10.2. The van der Waals surface area contributed by atoms with Crippen molar-refractivity contribution in [2.75, 3.05) is 18.4 Å². The summed E-state index contributed by atoms with van der Waals surface area (Å²) < 4.78 is 28.7. The largest absolute Gasteiger partial charge is 0.307 e. The van der Waals surface area contributed by atoms with Crippen LogP contribution in [0.25, 0.3) is 0 Å². The van der Waals surface area contributed by atoms with Crippen LogP contribution in [0.1, 0.15) is 59.8 Å². The van der Waals surface area contributed by atoms with Crippen LogP contribution in [0.4, 0.5) is 5.82 Å². The normalized spacial score (nSPS) is 15.9. The van der Waals surface area contributed by atoms with Crippen LogP contribution >= 0.6 is 0 Å². The van der Waals surface area contributed by atoms with Crippen LogP contribution in [0.5, 0.6) is 0 Å². The second-order valence-electron chi connectivity index (χ2n) is 8.30. The molecule has 33 heavy (non-hydrogen) atoms. The number of carbonyl (C=O) groups excluding carboxylic acids is 1. The molecule has 7 nitrogen and oxygen atoms in total. The highest BCUT2D eigenvalue weighted by Crippen LogP contribution is 2.35. The molecule has 8 heteroatoms. The minimum atomic E-state index is -3.56. The molecule has 4 rings (SSSR count). The average molecular weight is 467 g/mol. The Bertz CT molecular complexity index is 1240. The first-order valence-corrected chi connectivity index (χ1v) is 12.8. The minimum Gasteiger partial charge on any atom is -0.307 e. The zero-order valence-corrected chi connectivity index (χ0v) is 20.1. The fraction of sp³-hybridized carbons (Fsp3) is 0.360. The fourth-order valence-electron chi connectivity index (χ4n) is 4.49. The van der Waals surface area contributed by atoms with E-state index in [0.717, 1.165) is 24.8 Å². The number of anilines is 1. The number of rotatable bonds is 7. The molecule has 1 aromatic heterocycles. The van der Waals surface area contributed by atoms with Gasteiger partial charge in [-0.2, -0.15) is 9.40 Å². The van der Waals surface area contributed by atoms with E-state index < -0.39 is 10.0 Å². The third-order valence-corrected chi connectivity index (χ3v) is 8.37. The van der Waals surface area contributed by atoms with Crippen LogP contribution in [0.15, 0.2) is 59.6 Å². The lowest BCUT2D eigenvalue weighted by Gasteiger charge is -2.27. The number of amides is 1. The summed E-state index contributed by atoms with van der Waals surface area (Å²) in [6.07, 6.45) is 4.85. The molecule has 0 bridgehead atoms. The van der Waals surface area contributed by atoms with Crippen molar-refractivity contribution in [3.05, 3.63) is 77.0 Å². The predicted octanol–water partition coefficient (Wildman–Crippen LogP) is 4.40. The molecule has 0 fully saturated rings. The smallest absolute Gasteiger partial charge is 0.256 e. The first kappa shape index (κ1) is 23.2. The van der Waals surface area contributed by atoms with E-state index in [1.807, 2.05) is 17.7 Å². The molecular formula is C25H30N4O3S. The van der Waals surface area contributed by atoms with E-state index >= 15 is 0 Å². The molecule has 2 aromatic carbocycles. The molecule has 0 spiro atoms. The van der Waals surface area contributed by atoms with Gasteiger partial charge in [0.15, 0.2) is 0 Å². The van der Waals surface area contributed by atoms with Crippen LogP contribution < -0.4 is 5.32 Å². The Morgan fingerprint density at radius 3 is 2.52 bits per heavy atom. The Balaban J connectivity index is 1.58. The van der Waals surface area contributed by atoms with Gasteiger partial charge in [0, 0.05) is 24.2 Å². The summed E-state index contributed by atoms with van der Waals surface area (Å²) in [5.41, 5.74) is 3.84. The molecule has 174 valence electrons. The van der Waals surface area contributed by atoms with Crippen LogP contribution in [0.2, 0.25) is 0 Å². The van der Waals surface area contributed by atoms with E-state index in [4.69, 9.17) is 0 Å². The Morgan fingerprint density at radius 1 is 1.12 bits per heavy atom. The summed E-state index contributed by atoms with van der Waals surface area (Å²) in [5, 5.41) is 7.59. The molecule has 1 unspecified atom stereocenters. The SMILES string of the molecule is CCN(CC)S(=O)(=O)c1ccc(C(=O)Nc2c(C)cnn2C2CCCc3ccccc32)cc1. The predicted molar refractivity (Wildman–Crippen MR) is 129 cm³/mol. The summed E-state index contributed by atoms with van der Waals surface area (Å²) >= 11 is 0. The van der Waals surface area contributed by atoms with Gasteiger partial charge in [-0.3, -0.25) is 4.79 Å². The number of fused-ring (bicyclic) bond motifs is 1. The highest BCUT2D eigenvalue weighted by molar-refractivity contribution is 7.89. The van der Waals surface area contributed by atoms with Crippen molar-refractivity contribution in [2.45, 2.75) is 51.0 Å². The number of carbonyl (C=O) groups is 1. The molecule has 1 heterocycles. The van der Waals surface area contributed by atoms with Crippen LogP contribution in [0, 0.1) is 6.92 Å². The quantitative estimate of drug-likeness (QED) is 0.559. The van der Waals surface area contributed by atoms with Gasteiger partial charge in [0.05, 0.1) is 17.1 Å². The molecule has 0 aliphatic heterocycles. The van der Waals surface area contributed by atoms with Crippen molar-refractivity contribution in [3.8, 4) is 0 Å². The van der Waals surface area contributed by atoms with Crippen LogP contribution in [-0.2, 0) is 16.4 Å². The van der Waals surface area contributed by atoms with E-state index in [1.54, 1.807) is 32.2 Å². The number of hydrogen-bond donors (Lipinski definition) is 1. The van der Waals surface area contributed by atoms with E-state index in [2.05, 4.69) is 28.6 Å². The first-order chi connectivity index (χ1) is 15.9. The van der Waals surface area contributed by atoms with Gasteiger partial charge in [-0.25, -0.2) is 13.1 Å². The van der Waals surface area contributed by atoms with E-state index in [9.17, 15) is 13.2 Å². The molecule has 1 aliphatic carbocycles. The van der Waals surface area contributed by atoms with Crippen molar-refractivity contribution in [1.82, 2.24) is 14.1 Å². The Labute approximate surface area is 195 Å². The van der Waals surface area contributed by atoms with Crippen molar-refractivity contribution in [2.24, 2.45) is 0 Å². The topological polar surface area (TPSA) is 84.3 Å². The van der Waals surface area contributed by atoms with Crippen LogP contribution in [0.3, 0.4) is 0 Å². The average Bonchev–Trinajstić information content (AvgIpc) is 3.19. The number of nitrogens with one attached hydrogen (secondary N) is 1. The van der Waals surface area contributed by atoms with Crippen LogP contribution in [-0.4, -0.2) is 41.5 Å². The molecule has 0 saturated heterocycles. The highest BCUT2D eigenvalue weighted by atomic mass is 32.2. The van der Waals surface area contributed by atoms with Gasteiger partial charge in [0.25, 0.3) is 5.91 Å². The molecule has 1 aliphatic rings. The number of aromatic nitrogens is 2. The number of aryl methyl sites for hydroxylation is 2. The maximum Gasteiger partial charge on any atom is 0.256 e. The van der Waals surface area contributed by atoms with Crippen molar-refractivity contribution < 1.29 is 13.2 Å². The standard InChI is InChI=1S/C25H30N4O3S/c1-4-28(5-2)33(31,32)21-15-13-20(14-16-21)25(30)27-24-18(3)17-26-29(24)23-12-8-10-19-9-6-7-11-22(19)23/h6-7,9,11,13-17,23H,4-5,8,10,12H2,1-3H3,(H,27,30). The molecule has 0 saturated carbocycles. The zero-order chi connectivity index (χ0) is 23.6. The molecule has 1 amide bonds.